The van der Waals surface area contributed by atoms with Crippen LogP contribution in [-0.4, -0.2) is 74.7 Å². The fourth-order valence-electron chi connectivity index (χ4n) is 14.1. The second-order valence-corrected chi connectivity index (χ2v) is 21.3. The first kappa shape index (κ1) is 35.7. The molecule has 6 fully saturated rings. The van der Waals surface area contributed by atoms with E-state index in [-0.39, 0.29) is 33.2 Å². The summed E-state index contributed by atoms with van der Waals surface area (Å²) in [6.07, 6.45) is 12.0. The second kappa shape index (κ2) is 11.9. The quantitative estimate of drug-likeness (QED) is 0.208. The Morgan fingerprint density at radius 1 is 0.878 bits per heavy atom. The second-order valence-electron chi connectivity index (χ2n) is 19.0. The first-order chi connectivity index (χ1) is 22.9. The van der Waals surface area contributed by atoms with E-state index in [1.807, 2.05) is 0 Å². The topological polar surface area (TPSA) is 107 Å². The van der Waals surface area contributed by atoms with Gasteiger partial charge >= 0.3 is 0 Å². The fraction of sp³-hybridized carbons (Fsp3) is 0.850. The summed E-state index contributed by atoms with van der Waals surface area (Å²) in [5, 5.41) is 14.4. The third-order valence-corrected chi connectivity index (χ3v) is 18.4. The van der Waals surface area contributed by atoms with Crippen LogP contribution in [0.5, 0.6) is 5.75 Å². The lowest BCUT2D eigenvalue weighted by Gasteiger charge is -2.73. The van der Waals surface area contributed by atoms with Crippen molar-refractivity contribution in [3.05, 3.63) is 32.6 Å². The molecular weight excluding hydrogens is 635 g/mol. The summed E-state index contributed by atoms with van der Waals surface area (Å²) in [6, 6.07) is 0. The van der Waals surface area contributed by atoms with Crippen LogP contribution in [0.3, 0.4) is 0 Å². The zero-order valence-corrected chi connectivity index (χ0v) is 32.0. The number of nitrogens with one attached hydrogen (secondary N) is 1. The molecule has 4 aliphatic carbocycles. The van der Waals surface area contributed by atoms with Gasteiger partial charge in [0, 0.05) is 31.7 Å². The highest BCUT2D eigenvalue weighted by Crippen LogP contribution is 2.76. The Labute approximate surface area is 295 Å². The maximum atomic E-state index is 12.6. The first-order valence-corrected chi connectivity index (χ1v) is 21.3. The number of hydrogen-bond donors (Lipinski definition) is 2. The SMILES string of the molecule is C=C(C)[C@@H]1CC[C@]2(CNCCCN3CCS(=O)(=O)CC3)CC[C@]3(C)[C@H](CC[C@@H]4[C@@]5(C)CCN(c6c(O)c(=O)c6=O)C(C)(C)[C@@H]5CC[C@]43C)[C@@H]12. The van der Waals surface area contributed by atoms with Crippen LogP contribution in [0.15, 0.2) is 21.7 Å². The van der Waals surface area contributed by atoms with Gasteiger partial charge in [0.15, 0.2) is 15.6 Å². The minimum Gasteiger partial charge on any atom is -0.502 e. The van der Waals surface area contributed by atoms with Crippen LogP contribution in [0.1, 0.15) is 106 Å². The summed E-state index contributed by atoms with van der Waals surface area (Å²) in [4.78, 5) is 29.0. The van der Waals surface area contributed by atoms with Gasteiger partial charge in [-0.1, -0.05) is 32.9 Å². The lowest BCUT2D eigenvalue weighted by molar-refractivity contribution is -0.227. The van der Waals surface area contributed by atoms with Crippen LogP contribution in [-0.2, 0) is 9.84 Å². The van der Waals surface area contributed by atoms with Gasteiger partial charge in [-0.3, -0.25) is 9.59 Å². The Kier molecular flexibility index (Phi) is 8.67. The van der Waals surface area contributed by atoms with Crippen molar-refractivity contribution in [2.24, 2.45) is 51.2 Å². The number of sulfone groups is 1. The summed E-state index contributed by atoms with van der Waals surface area (Å²) >= 11 is 0. The lowest BCUT2D eigenvalue weighted by atomic mass is 9.33. The molecule has 9 atom stereocenters. The van der Waals surface area contributed by atoms with Crippen LogP contribution in [0.25, 0.3) is 0 Å². The average Bonchev–Trinajstić information content (AvgIpc) is 3.43. The van der Waals surface area contributed by atoms with E-state index in [1.165, 1.54) is 50.5 Å². The Morgan fingerprint density at radius 2 is 1.59 bits per heavy atom. The lowest BCUT2D eigenvalue weighted by Crippen LogP contribution is -2.70. The van der Waals surface area contributed by atoms with Gasteiger partial charge in [-0.2, -0.15) is 0 Å². The molecule has 8 nitrogen and oxygen atoms in total. The van der Waals surface area contributed by atoms with Gasteiger partial charge < -0.3 is 20.2 Å². The van der Waals surface area contributed by atoms with Crippen molar-refractivity contribution in [3.8, 4) is 5.75 Å². The van der Waals surface area contributed by atoms with Gasteiger partial charge in [0.25, 0.3) is 10.9 Å². The van der Waals surface area contributed by atoms with Crippen molar-refractivity contribution in [3.63, 3.8) is 0 Å². The average molecular weight is 698 g/mol. The number of piperidine rings is 1. The summed E-state index contributed by atoms with van der Waals surface area (Å²) < 4.78 is 23.7. The molecule has 7 rings (SSSR count). The molecule has 49 heavy (non-hydrogen) atoms. The van der Waals surface area contributed by atoms with Gasteiger partial charge in [-0.25, -0.2) is 8.42 Å². The van der Waals surface area contributed by atoms with Crippen molar-refractivity contribution < 1.29 is 13.5 Å². The van der Waals surface area contributed by atoms with Crippen LogP contribution >= 0.6 is 0 Å². The van der Waals surface area contributed by atoms with Crippen LogP contribution in [0.2, 0.25) is 0 Å². The zero-order valence-electron chi connectivity index (χ0n) is 31.2. The molecule has 2 saturated heterocycles. The molecule has 0 radical (unpaired) electrons. The molecule has 2 N–H and O–H groups in total. The number of fused-ring (bicyclic) bond motifs is 7. The third kappa shape index (κ3) is 5.19. The zero-order chi connectivity index (χ0) is 35.4. The molecule has 274 valence electrons. The van der Waals surface area contributed by atoms with E-state index < -0.39 is 20.7 Å². The number of hydrogen-bond acceptors (Lipinski definition) is 8. The number of nitrogens with zero attached hydrogens (tertiary/aromatic N) is 2. The molecule has 0 amide bonds. The molecule has 1 aromatic rings. The maximum Gasteiger partial charge on any atom is 0.271 e. The highest BCUT2D eigenvalue weighted by molar-refractivity contribution is 7.91. The summed E-state index contributed by atoms with van der Waals surface area (Å²) in [6.45, 7) is 24.3. The van der Waals surface area contributed by atoms with E-state index in [1.54, 1.807) is 0 Å². The molecule has 2 heterocycles. The molecule has 1 aromatic carbocycles. The van der Waals surface area contributed by atoms with Crippen molar-refractivity contribution in [1.29, 1.82) is 0 Å². The van der Waals surface area contributed by atoms with Crippen molar-refractivity contribution >= 4 is 15.5 Å². The van der Waals surface area contributed by atoms with Gasteiger partial charge in [-0.15, -0.1) is 0 Å². The molecule has 6 aliphatic rings. The van der Waals surface area contributed by atoms with Gasteiger partial charge in [0.05, 0.1) is 11.5 Å². The van der Waals surface area contributed by atoms with Crippen molar-refractivity contribution in [2.45, 2.75) is 111 Å². The maximum absolute atomic E-state index is 12.6. The first-order valence-electron chi connectivity index (χ1n) is 19.5. The highest BCUT2D eigenvalue weighted by Gasteiger charge is 2.71. The monoisotopic (exact) mass is 697 g/mol. The fourth-order valence-corrected chi connectivity index (χ4v) is 15.3. The van der Waals surface area contributed by atoms with E-state index in [0.29, 0.717) is 66.1 Å². The summed E-state index contributed by atoms with van der Waals surface area (Å²) in [5.41, 5.74) is 0.978. The van der Waals surface area contributed by atoms with Gasteiger partial charge in [-0.05, 0) is 149 Å². The number of anilines is 1. The van der Waals surface area contributed by atoms with E-state index in [9.17, 15) is 23.1 Å². The van der Waals surface area contributed by atoms with Crippen molar-refractivity contribution in [1.82, 2.24) is 10.2 Å². The van der Waals surface area contributed by atoms with Crippen LogP contribution in [0.4, 0.5) is 5.69 Å². The molecule has 0 aromatic heterocycles. The normalized spacial score (nSPS) is 43.0. The molecule has 2 aliphatic heterocycles. The third-order valence-electron chi connectivity index (χ3n) is 16.8. The van der Waals surface area contributed by atoms with Gasteiger partial charge in [0.1, 0.15) is 5.69 Å². The minimum absolute atomic E-state index is 0.131. The number of allylic oxidation sites excluding steroid dienone is 1. The van der Waals surface area contributed by atoms with Crippen LogP contribution < -0.4 is 21.1 Å². The Hall–Kier alpha value is -1.71. The molecular formula is C40H63N3O5S. The summed E-state index contributed by atoms with van der Waals surface area (Å²) in [7, 11) is -2.84. The molecule has 4 saturated carbocycles. The predicted molar refractivity (Wildman–Crippen MR) is 198 cm³/mol. The van der Waals surface area contributed by atoms with E-state index >= 15 is 0 Å². The van der Waals surface area contributed by atoms with Crippen molar-refractivity contribution in [2.75, 3.05) is 55.7 Å². The van der Waals surface area contributed by atoms with Gasteiger partial charge in [0.2, 0.25) is 0 Å². The Balaban J connectivity index is 1.09. The molecule has 0 bridgehead atoms. The van der Waals surface area contributed by atoms with Crippen LogP contribution in [0, 0.1) is 51.2 Å². The predicted octanol–water partition coefficient (Wildman–Crippen LogP) is 5.52. The molecule has 0 unspecified atom stereocenters. The number of aromatic hydroxyl groups is 1. The highest BCUT2D eigenvalue weighted by atomic mass is 32.2. The van der Waals surface area contributed by atoms with E-state index in [4.69, 9.17) is 0 Å². The minimum atomic E-state index is -2.84. The largest absolute Gasteiger partial charge is 0.502 e. The Bertz CT molecular complexity index is 1650. The standard InChI is InChI=1S/C40H63N3O5S/c1-26(2)27-11-14-40(25-41-18-8-19-42-21-23-49(47,48)24-22-42)16-15-38(6)28(31(27)40)9-10-30-37(5)17-20-43(32-33(44)35(46)34(32)45)36(3,4)29(37)12-13-39(30,38)7/h27-31,41,44H,1,8-25H2,2-7H3/t27-,28+,29-,30+,31+,37-,38+,39+,40+/m0/s1. The Morgan fingerprint density at radius 3 is 2.27 bits per heavy atom. The van der Waals surface area contributed by atoms with E-state index in [2.05, 4.69) is 63.2 Å². The summed E-state index contributed by atoms with van der Waals surface area (Å²) in [5.74, 6) is 3.16. The number of rotatable bonds is 8. The molecule has 0 spiro atoms. The molecule has 9 heteroatoms. The smallest absolute Gasteiger partial charge is 0.271 e. The van der Waals surface area contributed by atoms with E-state index in [0.717, 1.165) is 38.9 Å².